The summed E-state index contributed by atoms with van der Waals surface area (Å²) in [6, 6.07) is 0. The molecule has 0 fully saturated rings. The maximum Gasteiger partial charge on any atom is 0.0438 e. The summed E-state index contributed by atoms with van der Waals surface area (Å²) in [5, 5.41) is 0. The van der Waals surface area contributed by atoms with Crippen LogP contribution < -0.4 is 0 Å². The average Bonchev–Trinajstić information content (AvgIpc) is 2.04. The molecule has 0 rings (SSSR count). The van der Waals surface area contributed by atoms with Gasteiger partial charge in [0.15, 0.2) is 0 Å². The predicted molar refractivity (Wildman–Crippen MR) is 54.7 cm³/mol. The third-order valence-corrected chi connectivity index (χ3v) is 1.59. The first-order valence-electron chi connectivity index (χ1n) is 4.06. The van der Waals surface area contributed by atoms with Crippen molar-refractivity contribution in [2.45, 2.75) is 20.8 Å². The highest BCUT2D eigenvalue weighted by molar-refractivity contribution is 5.25. The van der Waals surface area contributed by atoms with Crippen molar-refractivity contribution in [3.63, 3.8) is 0 Å². The maximum absolute atomic E-state index is 3.95. The second-order valence-corrected chi connectivity index (χ2v) is 2.60. The molecule has 0 aromatic carbocycles. The van der Waals surface area contributed by atoms with Crippen LogP contribution in [-0.2, 0) is 0 Å². The number of hydrogen-bond donors (Lipinski definition) is 0. The molecule has 0 N–H and O–H groups in total. The largest absolute Gasteiger partial charge is 0.351 e. The molecule has 0 radical (unpaired) electrons. The van der Waals surface area contributed by atoms with Gasteiger partial charge >= 0.3 is 0 Å². The Morgan fingerprint density at radius 3 is 2.42 bits per heavy atom. The van der Waals surface area contributed by atoms with Gasteiger partial charge in [-0.1, -0.05) is 12.7 Å². The Kier molecular flexibility index (Phi) is 4.91. The zero-order valence-electron chi connectivity index (χ0n) is 8.39. The van der Waals surface area contributed by atoms with Crippen LogP contribution in [0.1, 0.15) is 20.8 Å². The summed E-state index contributed by atoms with van der Waals surface area (Å²) in [4.78, 5) is 1.98. The third kappa shape index (κ3) is 3.27. The number of rotatable bonds is 3. The van der Waals surface area contributed by atoms with Crippen molar-refractivity contribution in [1.82, 2.24) is 4.90 Å². The molecule has 0 aromatic rings. The molecule has 0 amide bonds. The van der Waals surface area contributed by atoms with Gasteiger partial charge in [-0.15, -0.1) is 5.73 Å². The molecular formula is C11H17N. The van der Waals surface area contributed by atoms with E-state index < -0.39 is 0 Å². The molecule has 0 aliphatic rings. The molecular weight excluding hydrogens is 146 g/mol. The van der Waals surface area contributed by atoms with Gasteiger partial charge in [0, 0.05) is 18.3 Å². The van der Waals surface area contributed by atoms with Gasteiger partial charge in [-0.2, -0.15) is 0 Å². The quantitative estimate of drug-likeness (QED) is 0.456. The molecule has 0 atom stereocenters. The van der Waals surface area contributed by atoms with Gasteiger partial charge in [0.25, 0.3) is 0 Å². The Morgan fingerprint density at radius 2 is 2.00 bits per heavy atom. The van der Waals surface area contributed by atoms with Gasteiger partial charge in [-0.05, 0) is 33.0 Å². The van der Waals surface area contributed by atoms with E-state index in [0.717, 1.165) is 11.3 Å². The highest BCUT2D eigenvalue weighted by Gasteiger charge is 1.98. The van der Waals surface area contributed by atoms with E-state index in [1.54, 1.807) is 0 Å². The van der Waals surface area contributed by atoms with Crippen LogP contribution in [0.2, 0.25) is 0 Å². The Balaban J connectivity index is 4.51. The SMILES string of the molecule is C=C(C(C)=C=CC)N(C)/C=C\C. The molecule has 0 aromatic heterocycles. The summed E-state index contributed by atoms with van der Waals surface area (Å²) in [5.41, 5.74) is 5.15. The van der Waals surface area contributed by atoms with Gasteiger partial charge in [0.1, 0.15) is 0 Å². The standard InChI is InChI=1S/C11H17N/c1-6-8-10(3)11(4)12(5)9-7-2/h6-7,9H,4H2,1-3,5H3/b9-7-. The summed E-state index contributed by atoms with van der Waals surface area (Å²) in [6.07, 6.45) is 5.85. The van der Waals surface area contributed by atoms with Crippen LogP contribution in [0, 0.1) is 0 Å². The van der Waals surface area contributed by atoms with Crippen molar-refractivity contribution in [3.8, 4) is 0 Å². The van der Waals surface area contributed by atoms with E-state index in [9.17, 15) is 0 Å². The molecule has 0 spiro atoms. The van der Waals surface area contributed by atoms with Crippen molar-refractivity contribution < 1.29 is 0 Å². The van der Waals surface area contributed by atoms with Crippen molar-refractivity contribution >= 4 is 0 Å². The van der Waals surface area contributed by atoms with E-state index in [-0.39, 0.29) is 0 Å². The summed E-state index contributed by atoms with van der Waals surface area (Å²) < 4.78 is 0. The van der Waals surface area contributed by atoms with Gasteiger partial charge < -0.3 is 4.90 Å². The summed E-state index contributed by atoms with van der Waals surface area (Å²) in [6.45, 7) is 9.88. The minimum atomic E-state index is 0.978. The summed E-state index contributed by atoms with van der Waals surface area (Å²) in [7, 11) is 1.98. The van der Waals surface area contributed by atoms with Crippen LogP contribution in [-0.4, -0.2) is 11.9 Å². The lowest BCUT2D eigenvalue weighted by Gasteiger charge is -2.15. The van der Waals surface area contributed by atoms with Gasteiger partial charge in [-0.3, -0.25) is 0 Å². The minimum absolute atomic E-state index is 0.978. The van der Waals surface area contributed by atoms with Crippen LogP contribution in [0.3, 0.4) is 0 Å². The summed E-state index contributed by atoms with van der Waals surface area (Å²) >= 11 is 0. The third-order valence-electron chi connectivity index (χ3n) is 1.59. The molecule has 0 unspecified atom stereocenters. The molecule has 0 heterocycles. The molecule has 66 valence electrons. The molecule has 0 bridgehead atoms. The van der Waals surface area contributed by atoms with Crippen molar-refractivity contribution in [1.29, 1.82) is 0 Å². The van der Waals surface area contributed by atoms with Crippen molar-refractivity contribution in [3.05, 3.63) is 41.9 Å². The van der Waals surface area contributed by atoms with Crippen LogP contribution >= 0.6 is 0 Å². The molecule has 0 aliphatic heterocycles. The van der Waals surface area contributed by atoms with E-state index in [2.05, 4.69) is 12.3 Å². The van der Waals surface area contributed by atoms with Gasteiger partial charge in [0.05, 0.1) is 0 Å². The highest BCUT2D eigenvalue weighted by atomic mass is 15.1. The fourth-order valence-electron chi connectivity index (χ4n) is 0.878. The number of hydrogen-bond acceptors (Lipinski definition) is 1. The lowest BCUT2D eigenvalue weighted by atomic mass is 10.2. The van der Waals surface area contributed by atoms with Crippen LogP contribution in [0.15, 0.2) is 41.9 Å². The molecule has 0 aliphatic carbocycles. The first kappa shape index (κ1) is 10.8. The van der Waals surface area contributed by atoms with Crippen molar-refractivity contribution in [2.75, 3.05) is 7.05 Å². The van der Waals surface area contributed by atoms with Crippen LogP contribution in [0.4, 0.5) is 0 Å². The van der Waals surface area contributed by atoms with Crippen molar-refractivity contribution in [2.24, 2.45) is 0 Å². The predicted octanol–water partition coefficient (Wildman–Crippen LogP) is 3.09. The van der Waals surface area contributed by atoms with E-state index in [1.165, 1.54) is 0 Å². The minimum Gasteiger partial charge on any atom is -0.351 e. The number of nitrogens with zero attached hydrogens (tertiary/aromatic N) is 1. The molecule has 0 saturated heterocycles. The second kappa shape index (κ2) is 5.45. The Labute approximate surface area is 75.4 Å². The van der Waals surface area contributed by atoms with E-state index in [4.69, 9.17) is 0 Å². The van der Waals surface area contributed by atoms with E-state index in [0.29, 0.717) is 0 Å². The van der Waals surface area contributed by atoms with Gasteiger partial charge in [-0.25, -0.2) is 0 Å². The fourth-order valence-corrected chi connectivity index (χ4v) is 0.878. The molecule has 0 saturated carbocycles. The fraction of sp³-hybridized carbons (Fsp3) is 0.364. The zero-order chi connectivity index (χ0) is 9.56. The summed E-state index contributed by atoms with van der Waals surface area (Å²) in [5.74, 6) is 0. The van der Waals surface area contributed by atoms with E-state index in [1.807, 2.05) is 51.1 Å². The molecule has 1 heteroatoms. The normalized spacial score (nSPS) is 9.33. The Hall–Kier alpha value is -1.20. The highest BCUT2D eigenvalue weighted by Crippen LogP contribution is 2.09. The van der Waals surface area contributed by atoms with E-state index >= 15 is 0 Å². The monoisotopic (exact) mass is 163 g/mol. The zero-order valence-corrected chi connectivity index (χ0v) is 8.39. The lowest BCUT2D eigenvalue weighted by Crippen LogP contribution is -2.09. The molecule has 1 nitrogen and oxygen atoms in total. The number of likely N-dealkylation sites (N-methyl/N-ethyl adjacent to an activating group) is 1. The lowest BCUT2D eigenvalue weighted by molar-refractivity contribution is 0.581. The first-order chi connectivity index (χ1) is 5.63. The Bertz CT molecular complexity index is 240. The second-order valence-electron chi connectivity index (χ2n) is 2.60. The van der Waals surface area contributed by atoms with Gasteiger partial charge in [0.2, 0.25) is 0 Å². The average molecular weight is 163 g/mol. The van der Waals surface area contributed by atoms with Crippen LogP contribution in [0.5, 0.6) is 0 Å². The molecule has 12 heavy (non-hydrogen) atoms. The smallest absolute Gasteiger partial charge is 0.0438 e. The topological polar surface area (TPSA) is 3.24 Å². The maximum atomic E-state index is 3.95. The first-order valence-corrected chi connectivity index (χ1v) is 4.06. The Morgan fingerprint density at radius 1 is 1.42 bits per heavy atom. The number of allylic oxidation sites excluding steroid dienone is 2. The van der Waals surface area contributed by atoms with Crippen LogP contribution in [0.25, 0.3) is 0 Å².